The van der Waals surface area contributed by atoms with Crippen molar-refractivity contribution in [3.63, 3.8) is 0 Å². The first-order valence-electron chi connectivity index (χ1n) is 6.97. The van der Waals surface area contributed by atoms with E-state index < -0.39 is 0 Å². The second-order valence-corrected chi connectivity index (χ2v) is 5.76. The molecule has 3 rings (SSSR count). The molecule has 1 aliphatic carbocycles. The van der Waals surface area contributed by atoms with Gasteiger partial charge in [0.05, 0.1) is 16.8 Å². The number of urea groups is 1. The fourth-order valence-electron chi connectivity index (χ4n) is 2.44. The van der Waals surface area contributed by atoms with E-state index >= 15 is 0 Å². The lowest BCUT2D eigenvalue weighted by molar-refractivity contribution is 0.247. The van der Waals surface area contributed by atoms with Crippen molar-refractivity contribution in [1.29, 1.82) is 5.26 Å². The topological polar surface area (TPSA) is 64.9 Å². The van der Waals surface area contributed by atoms with Gasteiger partial charge in [0.15, 0.2) is 0 Å². The van der Waals surface area contributed by atoms with Gasteiger partial charge in [-0.3, -0.25) is 0 Å². The van der Waals surface area contributed by atoms with Crippen molar-refractivity contribution < 1.29 is 4.79 Å². The number of hydrogen-bond acceptors (Lipinski definition) is 2. The van der Waals surface area contributed by atoms with Crippen LogP contribution in [-0.2, 0) is 5.54 Å². The molecular formula is C17H14ClN3O. The molecule has 0 aromatic heterocycles. The zero-order valence-electron chi connectivity index (χ0n) is 11.8. The molecule has 0 heterocycles. The van der Waals surface area contributed by atoms with Gasteiger partial charge in [0.1, 0.15) is 6.07 Å². The highest BCUT2D eigenvalue weighted by Crippen LogP contribution is 2.45. The van der Waals surface area contributed by atoms with Crippen LogP contribution in [0.1, 0.15) is 24.0 Å². The van der Waals surface area contributed by atoms with Crippen molar-refractivity contribution in [2.24, 2.45) is 0 Å². The number of halogens is 1. The van der Waals surface area contributed by atoms with E-state index in [1.165, 1.54) is 0 Å². The molecule has 4 nitrogen and oxygen atoms in total. The second kappa shape index (κ2) is 5.70. The highest BCUT2D eigenvalue weighted by molar-refractivity contribution is 6.30. The first-order chi connectivity index (χ1) is 10.6. The lowest BCUT2D eigenvalue weighted by Crippen LogP contribution is -2.38. The van der Waals surface area contributed by atoms with Crippen molar-refractivity contribution >= 4 is 23.3 Å². The van der Waals surface area contributed by atoms with Gasteiger partial charge in [-0.1, -0.05) is 35.9 Å². The number of carbonyl (C=O) groups excluding carboxylic acids is 1. The number of nitrogens with one attached hydrogen (secondary N) is 2. The summed E-state index contributed by atoms with van der Waals surface area (Å²) < 4.78 is 0. The van der Waals surface area contributed by atoms with Gasteiger partial charge >= 0.3 is 6.03 Å². The molecule has 2 aromatic carbocycles. The number of hydrogen-bond donors (Lipinski definition) is 2. The lowest BCUT2D eigenvalue weighted by atomic mass is 10.1. The van der Waals surface area contributed by atoms with Crippen LogP contribution in [0.2, 0.25) is 5.02 Å². The number of nitriles is 1. The molecule has 1 saturated carbocycles. The number of benzene rings is 2. The van der Waals surface area contributed by atoms with Crippen molar-refractivity contribution in [2.75, 3.05) is 5.32 Å². The number of rotatable bonds is 3. The summed E-state index contributed by atoms with van der Waals surface area (Å²) in [5, 5.41) is 15.5. The van der Waals surface area contributed by atoms with E-state index in [0.29, 0.717) is 16.3 Å². The minimum absolute atomic E-state index is 0.310. The smallest absolute Gasteiger partial charge is 0.319 e. The van der Waals surface area contributed by atoms with E-state index in [1.54, 1.807) is 24.3 Å². The quantitative estimate of drug-likeness (QED) is 0.899. The lowest BCUT2D eigenvalue weighted by Gasteiger charge is -2.19. The van der Waals surface area contributed by atoms with Crippen LogP contribution in [0.25, 0.3) is 0 Å². The van der Waals surface area contributed by atoms with E-state index in [4.69, 9.17) is 16.9 Å². The van der Waals surface area contributed by atoms with Crippen LogP contribution in [-0.4, -0.2) is 6.03 Å². The second-order valence-electron chi connectivity index (χ2n) is 5.33. The molecule has 22 heavy (non-hydrogen) atoms. The van der Waals surface area contributed by atoms with Gasteiger partial charge in [-0.25, -0.2) is 4.79 Å². The van der Waals surface area contributed by atoms with Gasteiger partial charge in [-0.15, -0.1) is 0 Å². The molecule has 0 spiro atoms. The summed E-state index contributed by atoms with van der Waals surface area (Å²) in [5.74, 6) is 0. The molecule has 2 amide bonds. The molecule has 0 bridgehead atoms. The van der Waals surface area contributed by atoms with E-state index in [2.05, 4.69) is 16.7 Å². The van der Waals surface area contributed by atoms with Crippen LogP contribution < -0.4 is 10.6 Å². The van der Waals surface area contributed by atoms with E-state index in [9.17, 15) is 4.79 Å². The molecule has 2 N–H and O–H groups in total. The Morgan fingerprint density at radius 3 is 2.45 bits per heavy atom. The van der Waals surface area contributed by atoms with Crippen LogP contribution in [0, 0.1) is 11.3 Å². The van der Waals surface area contributed by atoms with Crippen LogP contribution in [0.4, 0.5) is 10.5 Å². The highest BCUT2D eigenvalue weighted by atomic mass is 35.5. The Bertz CT molecular complexity index is 745. The Morgan fingerprint density at radius 2 is 1.82 bits per heavy atom. The maximum atomic E-state index is 12.2. The van der Waals surface area contributed by atoms with Gasteiger partial charge in [-0.2, -0.15) is 5.26 Å². The van der Waals surface area contributed by atoms with Gasteiger partial charge in [0.2, 0.25) is 0 Å². The summed E-state index contributed by atoms with van der Waals surface area (Å²) in [6.07, 6.45) is 1.78. The summed E-state index contributed by atoms with van der Waals surface area (Å²) >= 11 is 5.90. The third-order valence-electron chi connectivity index (χ3n) is 3.80. The zero-order chi connectivity index (χ0) is 15.6. The average molecular weight is 312 g/mol. The van der Waals surface area contributed by atoms with Crippen LogP contribution in [0.5, 0.6) is 0 Å². The third kappa shape index (κ3) is 2.90. The van der Waals surface area contributed by atoms with Crippen LogP contribution in [0.3, 0.4) is 0 Å². The molecule has 0 atom stereocenters. The SMILES string of the molecule is N#Cc1ccccc1NC(=O)NC1(c2ccc(Cl)cc2)CC1. The Morgan fingerprint density at radius 1 is 1.14 bits per heavy atom. The molecule has 110 valence electrons. The van der Waals surface area contributed by atoms with Crippen molar-refractivity contribution in [3.05, 3.63) is 64.7 Å². The fraction of sp³-hybridized carbons (Fsp3) is 0.176. The Balaban J connectivity index is 1.72. The van der Waals surface area contributed by atoms with Crippen molar-refractivity contribution in [3.8, 4) is 6.07 Å². The monoisotopic (exact) mass is 311 g/mol. The molecular weight excluding hydrogens is 298 g/mol. The summed E-state index contributed by atoms with van der Waals surface area (Å²) in [5.41, 5.74) is 1.67. The standard InChI is InChI=1S/C17H14ClN3O/c18-14-7-5-13(6-8-14)17(9-10-17)21-16(22)20-15-4-2-1-3-12(15)11-19/h1-8H,9-10H2,(H2,20,21,22). The fourth-order valence-corrected chi connectivity index (χ4v) is 2.57. The average Bonchev–Trinajstić information content (AvgIpc) is 3.29. The summed E-state index contributed by atoms with van der Waals surface area (Å²) in [6.45, 7) is 0. The minimum atomic E-state index is -0.323. The van der Waals surface area contributed by atoms with E-state index in [-0.39, 0.29) is 11.6 Å². The Kier molecular flexibility index (Phi) is 3.74. The number of amides is 2. The summed E-state index contributed by atoms with van der Waals surface area (Å²) in [7, 11) is 0. The van der Waals surface area contributed by atoms with Gasteiger partial charge in [0, 0.05) is 5.02 Å². The van der Waals surface area contributed by atoms with E-state index in [0.717, 1.165) is 18.4 Å². The van der Waals surface area contributed by atoms with Crippen molar-refractivity contribution in [1.82, 2.24) is 5.32 Å². The molecule has 2 aromatic rings. The first-order valence-corrected chi connectivity index (χ1v) is 7.35. The molecule has 1 aliphatic rings. The first kappa shape index (κ1) is 14.4. The van der Waals surface area contributed by atoms with Crippen LogP contribution in [0.15, 0.2) is 48.5 Å². The Labute approximate surface area is 133 Å². The maximum Gasteiger partial charge on any atom is 0.319 e. The minimum Gasteiger partial charge on any atom is -0.328 e. The highest BCUT2D eigenvalue weighted by Gasteiger charge is 2.45. The molecule has 0 radical (unpaired) electrons. The number of carbonyl (C=O) groups is 1. The molecule has 1 fully saturated rings. The zero-order valence-corrected chi connectivity index (χ0v) is 12.5. The molecule has 0 aliphatic heterocycles. The normalized spacial score (nSPS) is 14.7. The number of anilines is 1. The van der Waals surface area contributed by atoms with Gasteiger partial charge < -0.3 is 10.6 Å². The molecule has 5 heteroatoms. The maximum absolute atomic E-state index is 12.2. The van der Waals surface area contributed by atoms with Crippen LogP contribution >= 0.6 is 11.6 Å². The largest absolute Gasteiger partial charge is 0.328 e. The molecule has 0 saturated heterocycles. The van der Waals surface area contributed by atoms with Gasteiger partial charge in [-0.05, 0) is 42.7 Å². The third-order valence-corrected chi connectivity index (χ3v) is 4.05. The van der Waals surface area contributed by atoms with Gasteiger partial charge in [0.25, 0.3) is 0 Å². The Hall–Kier alpha value is -2.51. The number of para-hydroxylation sites is 1. The molecule has 0 unspecified atom stereocenters. The van der Waals surface area contributed by atoms with Crippen molar-refractivity contribution in [2.45, 2.75) is 18.4 Å². The summed E-state index contributed by atoms with van der Waals surface area (Å²) in [4.78, 5) is 12.2. The number of nitrogens with zero attached hydrogens (tertiary/aromatic N) is 1. The predicted molar refractivity (Wildman–Crippen MR) is 85.7 cm³/mol. The summed E-state index contributed by atoms with van der Waals surface area (Å²) in [6, 6.07) is 16.2. The van der Waals surface area contributed by atoms with E-state index in [1.807, 2.05) is 24.3 Å². The predicted octanol–water partition coefficient (Wildman–Crippen LogP) is 4.02.